The van der Waals surface area contributed by atoms with Gasteiger partial charge in [0.15, 0.2) is 5.11 Å². The molecule has 1 heterocycles. The van der Waals surface area contributed by atoms with Crippen LogP contribution in [0.4, 0.5) is 0 Å². The fraction of sp³-hybridized carbons (Fsp3) is 0.300. The van der Waals surface area contributed by atoms with Gasteiger partial charge in [0.05, 0.1) is 11.4 Å². The Balaban J connectivity index is 0.000000873. The molecule has 0 aliphatic carbocycles. The van der Waals surface area contributed by atoms with E-state index in [0.717, 1.165) is 11.4 Å². The first kappa shape index (κ1) is 17.7. The van der Waals surface area contributed by atoms with Gasteiger partial charge in [-0.15, -0.1) is 0 Å². The Kier molecular flexibility index (Phi) is 10.5. The molecule has 18 heavy (non-hydrogen) atoms. The van der Waals surface area contributed by atoms with Gasteiger partial charge in [-0.05, 0) is 31.3 Å². The Labute approximate surface area is 129 Å². The van der Waals surface area contributed by atoms with Gasteiger partial charge in [-0.2, -0.15) is 5.10 Å². The number of nitrogens with one attached hydrogen (secondary N) is 1. The second-order valence-corrected chi connectivity index (χ2v) is 7.47. The molecule has 8 heteroatoms. The molecule has 0 saturated heterocycles. The standard InChI is InChI=1S/C10H14N4S.2ClH.Ga/c1-8(9-6-4-5-7-11-9)12-13-10(15)14(2)3;;;/h4-7H,1-3H3,(H,13,15);2*1H;/q;;;+2/p-2. The summed E-state index contributed by atoms with van der Waals surface area (Å²) in [4.78, 5) is 5.96. The normalized spacial score (nSPS) is 9.94. The third kappa shape index (κ3) is 7.94. The number of halogens is 2. The van der Waals surface area contributed by atoms with Crippen LogP contribution in [0.2, 0.25) is 0 Å². The van der Waals surface area contributed by atoms with Crippen LogP contribution >= 0.6 is 31.5 Å². The van der Waals surface area contributed by atoms with Crippen molar-refractivity contribution in [3.05, 3.63) is 30.1 Å². The summed E-state index contributed by atoms with van der Waals surface area (Å²) in [6, 6.07) is 5.69. The summed E-state index contributed by atoms with van der Waals surface area (Å²) in [6.07, 6.45) is 1.73. The van der Waals surface area contributed by atoms with Gasteiger partial charge in [-0.1, -0.05) is 6.07 Å². The fourth-order valence-electron chi connectivity index (χ4n) is 0.866. The molecular formula is C10H14Cl2GaN4S. The average molecular weight is 363 g/mol. The monoisotopic (exact) mass is 361 g/mol. The van der Waals surface area contributed by atoms with E-state index in [2.05, 4.69) is 15.5 Å². The Bertz CT molecular complexity index is 387. The van der Waals surface area contributed by atoms with Crippen molar-refractivity contribution in [2.24, 2.45) is 5.10 Å². The van der Waals surface area contributed by atoms with Gasteiger partial charge < -0.3 is 4.90 Å². The summed E-state index contributed by atoms with van der Waals surface area (Å²) in [6.45, 7) is 1.88. The van der Waals surface area contributed by atoms with Crippen molar-refractivity contribution in [2.45, 2.75) is 6.92 Å². The number of thiocarbonyl (C=S) groups is 1. The minimum atomic E-state index is -0.743. The molecule has 1 aromatic rings. The van der Waals surface area contributed by atoms with Crippen LogP contribution in [0.3, 0.4) is 0 Å². The van der Waals surface area contributed by atoms with E-state index in [-0.39, 0.29) is 0 Å². The van der Waals surface area contributed by atoms with Crippen LogP contribution in [0.5, 0.6) is 0 Å². The molecule has 1 aromatic heterocycles. The average Bonchev–Trinajstić information content (AvgIpc) is 2.37. The third-order valence-electron chi connectivity index (χ3n) is 1.76. The van der Waals surface area contributed by atoms with E-state index in [4.69, 9.17) is 31.5 Å². The van der Waals surface area contributed by atoms with Crippen LogP contribution in [0.25, 0.3) is 0 Å². The van der Waals surface area contributed by atoms with E-state index in [1.54, 1.807) is 11.1 Å². The molecule has 0 unspecified atom stereocenters. The van der Waals surface area contributed by atoms with Gasteiger partial charge in [0.1, 0.15) is 0 Å². The van der Waals surface area contributed by atoms with Crippen LogP contribution in [0.15, 0.2) is 29.5 Å². The van der Waals surface area contributed by atoms with E-state index >= 15 is 0 Å². The number of hydrazone groups is 1. The molecule has 0 bridgehead atoms. The topological polar surface area (TPSA) is 40.5 Å². The van der Waals surface area contributed by atoms with E-state index < -0.39 is 15.4 Å². The quantitative estimate of drug-likeness (QED) is 0.379. The first-order chi connectivity index (χ1) is 8.52. The number of rotatable bonds is 2. The molecule has 0 aliphatic heterocycles. The van der Waals surface area contributed by atoms with Crippen molar-refractivity contribution in [2.75, 3.05) is 14.1 Å². The van der Waals surface area contributed by atoms with Crippen molar-refractivity contribution < 1.29 is 0 Å². The number of aromatic nitrogens is 1. The Morgan fingerprint density at radius 1 is 1.44 bits per heavy atom. The Morgan fingerprint density at radius 2 is 2.06 bits per heavy atom. The van der Waals surface area contributed by atoms with E-state index in [1.165, 1.54) is 0 Å². The van der Waals surface area contributed by atoms with Gasteiger partial charge >= 0.3 is 34.7 Å². The van der Waals surface area contributed by atoms with Crippen LogP contribution in [-0.4, -0.2) is 50.2 Å². The molecule has 4 nitrogen and oxygen atoms in total. The number of pyridine rings is 1. The molecule has 0 saturated carbocycles. The minimum absolute atomic E-state index is 0.574. The molecule has 1 radical (unpaired) electrons. The molecule has 0 aliphatic rings. The van der Waals surface area contributed by atoms with Crippen LogP contribution in [-0.2, 0) is 0 Å². The number of hydrogen-bond acceptors (Lipinski definition) is 3. The first-order valence-corrected chi connectivity index (χ1v) is 11.8. The molecule has 0 fully saturated rings. The fourth-order valence-corrected chi connectivity index (χ4v) is 0.911. The number of hydrogen-bond donors (Lipinski definition) is 1. The Morgan fingerprint density at radius 3 is 2.50 bits per heavy atom. The molecule has 0 spiro atoms. The maximum absolute atomic E-state index is 5.03. The zero-order valence-electron chi connectivity index (χ0n) is 10.4. The van der Waals surface area contributed by atoms with Gasteiger partial charge in [-0.25, -0.2) is 0 Å². The zero-order chi connectivity index (χ0) is 14.0. The van der Waals surface area contributed by atoms with Crippen molar-refractivity contribution in [3.63, 3.8) is 0 Å². The molecular weight excluding hydrogens is 349 g/mol. The van der Waals surface area contributed by atoms with E-state index in [1.807, 2.05) is 39.2 Å². The van der Waals surface area contributed by atoms with Crippen molar-refractivity contribution in [1.82, 2.24) is 15.3 Å². The number of nitrogens with zero attached hydrogens (tertiary/aromatic N) is 3. The van der Waals surface area contributed by atoms with E-state index in [0.29, 0.717) is 5.11 Å². The summed E-state index contributed by atoms with van der Waals surface area (Å²) in [7, 11) is 13.6. The third-order valence-corrected chi connectivity index (χ3v) is 2.22. The first-order valence-electron chi connectivity index (χ1n) is 4.98. The van der Waals surface area contributed by atoms with Crippen LogP contribution < -0.4 is 5.43 Å². The summed E-state index contributed by atoms with van der Waals surface area (Å²) >= 11 is 4.29. The maximum atomic E-state index is 5.03. The van der Waals surface area contributed by atoms with Gasteiger partial charge in [-0.3, -0.25) is 10.4 Å². The molecule has 1 N–H and O–H groups in total. The molecule has 1 rings (SSSR count). The van der Waals surface area contributed by atoms with Gasteiger partial charge in [0.25, 0.3) is 0 Å². The second-order valence-electron chi connectivity index (χ2n) is 3.31. The summed E-state index contributed by atoms with van der Waals surface area (Å²) in [5, 5.41) is 4.71. The zero-order valence-corrected chi connectivity index (χ0v) is 15.1. The molecule has 0 atom stereocenters. The summed E-state index contributed by atoms with van der Waals surface area (Å²) < 4.78 is 0. The summed E-state index contributed by atoms with van der Waals surface area (Å²) in [5.74, 6) is 0. The molecule has 97 valence electrons. The van der Waals surface area contributed by atoms with Crippen LogP contribution in [0, 0.1) is 0 Å². The second kappa shape index (κ2) is 10.6. The van der Waals surface area contributed by atoms with Crippen LogP contribution in [0.1, 0.15) is 12.6 Å². The van der Waals surface area contributed by atoms with Crippen molar-refractivity contribution >= 4 is 57.7 Å². The summed E-state index contributed by atoms with van der Waals surface area (Å²) in [5.41, 5.74) is 4.43. The Hall–Kier alpha value is -0.274. The predicted molar refractivity (Wildman–Crippen MR) is 83.3 cm³/mol. The van der Waals surface area contributed by atoms with Gasteiger partial charge in [0, 0.05) is 20.3 Å². The molecule has 0 amide bonds. The molecule has 0 aromatic carbocycles. The van der Waals surface area contributed by atoms with Crippen molar-refractivity contribution in [1.29, 1.82) is 0 Å². The predicted octanol–water partition coefficient (Wildman–Crippen LogP) is 2.24. The van der Waals surface area contributed by atoms with Gasteiger partial charge in [0.2, 0.25) is 0 Å². The van der Waals surface area contributed by atoms with Crippen molar-refractivity contribution in [3.8, 4) is 0 Å². The van der Waals surface area contributed by atoms with E-state index in [9.17, 15) is 0 Å². The SMILES string of the molecule is CC(=NNC(=S)N(C)C)c1ccccn1.[Cl][Ga][Cl].